The predicted octanol–water partition coefficient (Wildman–Crippen LogP) is 4.42. The molecule has 0 aliphatic heterocycles. The maximum absolute atomic E-state index is 4.47. The fourth-order valence-corrected chi connectivity index (χ4v) is 4.01. The van der Waals surface area contributed by atoms with Gasteiger partial charge >= 0.3 is 0 Å². The maximum Gasteiger partial charge on any atom is 0.0704 e. The van der Waals surface area contributed by atoms with E-state index in [1.807, 2.05) is 25.0 Å². The number of rotatable bonds is 7. The van der Waals surface area contributed by atoms with E-state index in [-0.39, 0.29) is 6.04 Å². The van der Waals surface area contributed by atoms with Gasteiger partial charge in [-0.3, -0.25) is 4.68 Å². The summed E-state index contributed by atoms with van der Waals surface area (Å²) in [4.78, 5) is 1.34. The quantitative estimate of drug-likeness (QED) is 0.734. The van der Waals surface area contributed by atoms with Gasteiger partial charge < -0.3 is 5.32 Å². The fraction of sp³-hybridized carbons (Fsp3) is 0.438. The predicted molar refractivity (Wildman–Crippen MR) is 93.9 cm³/mol. The van der Waals surface area contributed by atoms with Crippen LogP contribution < -0.4 is 5.32 Å². The van der Waals surface area contributed by atoms with Gasteiger partial charge in [-0.2, -0.15) is 5.10 Å². The van der Waals surface area contributed by atoms with Crippen molar-refractivity contribution in [1.82, 2.24) is 15.1 Å². The van der Waals surface area contributed by atoms with Crippen LogP contribution in [0.4, 0.5) is 0 Å². The van der Waals surface area contributed by atoms with Crippen LogP contribution in [0.3, 0.4) is 0 Å². The minimum Gasteiger partial charge on any atom is -0.311 e. The molecule has 0 spiro atoms. The highest BCUT2D eigenvalue weighted by atomic mass is 79.9. The summed E-state index contributed by atoms with van der Waals surface area (Å²) in [6.07, 6.45) is 2.98. The Kier molecular flexibility index (Phi) is 6.33. The third-order valence-electron chi connectivity index (χ3n) is 3.45. The molecule has 1 aromatic carbocycles. The molecule has 0 radical (unpaired) electrons. The van der Waals surface area contributed by atoms with E-state index in [0.717, 1.165) is 23.2 Å². The smallest absolute Gasteiger partial charge is 0.0704 e. The van der Waals surface area contributed by atoms with Gasteiger partial charge in [-0.25, -0.2) is 0 Å². The van der Waals surface area contributed by atoms with E-state index in [1.165, 1.54) is 16.2 Å². The lowest BCUT2D eigenvalue weighted by Gasteiger charge is -2.19. The van der Waals surface area contributed by atoms with Gasteiger partial charge in [0.1, 0.15) is 0 Å². The second kappa shape index (κ2) is 8.01. The SMILES string of the molecule is CCCn1ncc(Br)c1C(CSc1ccccc1C)NC. The average molecular weight is 368 g/mol. The zero-order chi connectivity index (χ0) is 15.2. The van der Waals surface area contributed by atoms with Crippen LogP contribution in [-0.2, 0) is 6.54 Å². The molecule has 0 fully saturated rings. The summed E-state index contributed by atoms with van der Waals surface area (Å²) in [5, 5.41) is 7.89. The lowest BCUT2D eigenvalue weighted by molar-refractivity contribution is 0.523. The van der Waals surface area contributed by atoms with Crippen LogP contribution in [0, 0.1) is 6.92 Å². The monoisotopic (exact) mass is 367 g/mol. The first kappa shape index (κ1) is 16.6. The van der Waals surface area contributed by atoms with Gasteiger partial charge in [0.25, 0.3) is 0 Å². The van der Waals surface area contributed by atoms with Gasteiger partial charge in [0.05, 0.1) is 22.4 Å². The van der Waals surface area contributed by atoms with Crippen LogP contribution in [0.5, 0.6) is 0 Å². The summed E-state index contributed by atoms with van der Waals surface area (Å²) < 4.78 is 3.18. The molecule has 1 atom stereocenters. The summed E-state index contributed by atoms with van der Waals surface area (Å²) in [5.41, 5.74) is 2.57. The highest BCUT2D eigenvalue weighted by Gasteiger charge is 2.19. The molecule has 0 aliphatic rings. The Balaban J connectivity index is 2.13. The second-order valence-electron chi connectivity index (χ2n) is 5.02. The van der Waals surface area contributed by atoms with E-state index in [9.17, 15) is 0 Å². The molecular weight excluding hydrogens is 346 g/mol. The molecule has 1 heterocycles. The van der Waals surface area contributed by atoms with Crippen molar-refractivity contribution in [2.75, 3.05) is 12.8 Å². The lowest BCUT2D eigenvalue weighted by Crippen LogP contribution is -2.23. The van der Waals surface area contributed by atoms with Gasteiger partial charge in [-0.1, -0.05) is 25.1 Å². The number of hydrogen-bond donors (Lipinski definition) is 1. The van der Waals surface area contributed by atoms with Crippen LogP contribution >= 0.6 is 27.7 Å². The van der Waals surface area contributed by atoms with Gasteiger partial charge in [0, 0.05) is 17.2 Å². The number of nitrogens with zero attached hydrogens (tertiary/aromatic N) is 2. The van der Waals surface area contributed by atoms with E-state index in [4.69, 9.17) is 0 Å². The number of thioether (sulfide) groups is 1. The van der Waals surface area contributed by atoms with Crippen molar-refractivity contribution >= 4 is 27.7 Å². The first-order valence-corrected chi connectivity index (χ1v) is 9.02. The normalized spacial score (nSPS) is 12.6. The van der Waals surface area contributed by atoms with E-state index in [0.29, 0.717) is 0 Å². The Morgan fingerprint density at radius 2 is 2.14 bits per heavy atom. The van der Waals surface area contributed by atoms with Crippen molar-refractivity contribution in [3.63, 3.8) is 0 Å². The van der Waals surface area contributed by atoms with Crippen molar-refractivity contribution in [3.8, 4) is 0 Å². The third kappa shape index (κ3) is 4.11. The minimum atomic E-state index is 0.276. The van der Waals surface area contributed by atoms with E-state index >= 15 is 0 Å². The minimum absolute atomic E-state index is 0.276. The number of hydrogen-bond acceptors (Lipinski definition) is 3. The van der Waals surface area contributed by atoms with Gasteiger partial charge in [-0.15, -0.1) is 11.8 Å². The van der Waals surface area contributed by atoms with Crippen LogP contribution in [-0.4, -0.2) is 22.6 Å². The molecule has 2 rings (SSSR count). The molecule has 0 bridgehead atoms. The van der Waals surface area contributed by atoms with Crippen molar-refractivity contribution < 1.29 is 0 Å². The number of aromatic nitrogens is 2. The van der Waals surface area contributed by atoms with Gasteiger partial charge in [0.15, 0.2) is 0 Å². The van der Waals surface area contributed by atoms with Gasteiger partial charge in [0.2, 0.25) is 0 Å². The number of halogens is 1. The molecule has 1 aromatic heterocycles. The Bertz CT molecular complexity index is 583. The molecule has 21 heavy (non-hydrogen) atoms. The highest BCUT2D eigenvalue weighted by Crippen LogP contribution is 2.30. The maximum atomic E-state index is 4.47. The fourth-order valence-electron chi connectivity index (χ4n) is 2.30. The third-order valence-corrected chi connectivity index (χ3v) is 5.33. The van der Waals surface area contributed by atoms with Crippen LogP contribution in [0.25, 0.3) is 0 Å². The molecule has 1 unspecified atom stereocenters. The summed E-state index contributed by atoms with van der Waals surface area (Å²) in [7, 11) is 2.01. The number of nitrogens with one attached hydrogen (secondary N) is 1. The number of benzene rings is 1. The Labute approximate surface area is 139 Å². The summed E-state index contributed by atoms with van der Waals surface area (Å²) in [6, 6.07) is 8.81. The molecule has 0 saturated carbocycles. The zero-order valence-electron chi connectivity index (χ0n) is 12.8. The first-order chi connectivity index (χ1) is 10.2. The van der Waals surface area contributed by atoms with Crippen molar-refractivity contribution in [1.29, 1.82) is 0 Å². The molecule has 1 N–H and O–H groups in total. The van der Waals surface area contributed by atoms with Crippen molar-refractivity contribution in [2.24, 2.45) is 0 Å². The molecule has 0 saturated heterocycles. The zero-order valence-corrected chi connectivity index (χ0v) is 15.2. The molecule has 5 heteroatoms. The topological polar surface area (TPSA) is 29.9 Å². The second-order valence-corrected chi connectivity index (χ2v) is 6.93. The Morgan fingerprint density at radius 1 is 1.38 bits per heavy atom. The van der Waals surface area contributed by atoms with Crippen molar-refractivity contribution in [3.05, 3.63) is 46.2 Å². The molecule has 0 aliphatic carbocycles. The van der Waals surface area contributed by atoms with Crippen LogP contribution in [0.1, 0.15) is 30.6 Å². The lowest BCUT2D eigenvalue weighted by atomic mass is 10.2. The summed E-state index contributed by atoms with van der Waals surface area (Å²) in [6.45, 7) is 5.29. The van der Waals surface area contributed by atoms with E-state index < -0.39 is 0 Å². The largest absolute Gasteiger partial charge is 0.311 e. The summed E-state index contributed by atoms with van der Waals surface area (Å²) >= 11 is 5.53. The van der Waals surface area contributed by atoms with E-state index in [1.54, 1.807) is 0 Å². The summed E-state index contributed by atoms with van der Waals surface area (Å²) in [5.74, 6) is 0.982. The molecular formula is C16H22BrN3S. The molecule has 2 aromatic rings. The molecule has 114 valence electrons. The average Bonchev–Trinajstić information content (AvgIpc) is 2.84. The van der Waals surface area contributed by atoms with Gasteiger partial charge in [-0.05, 0) is 48.0 Å². The molecule has 0 amide bonds. The molecule has 3 nitrogen and oxygen atoms in total. The first-order valence-electron chi connectivity index (χ1n) is 7.24. The Morgan fingerprint density at radius 3 is 2.81 bits per heavy atom. The van der Waals surface area contributed by atoms with Crippen molar-refractivity contribution in [2.45, 2.75) is 37.8 Å². The van der Waals surface area contributed by atoms with Crippen LogP contribution in [0.2, 0.25) is 0 Å². The van der Waals surface area contributed by atoms with E-state index in [2.05, 4.69) is 69.1 Å². The Hall–Kier alpha value is -0.780. The van der Waals surface area contributed by atoms with Crippen LogP contribution in [0.15, 0.2) is 39.8 Å². The standard InChI is InChI=1S/C16H22BrN3S/c1-4-9-20-16(13(17)10-19-20)14(18-3)11-21-15-8-6-5-7-12(15)2/h5-8,10,14,18H,4,9,11H2,1-3H3. The number of aryl methyl sites for hydroxylation is 2. The highest BCUT2D eigenvalue weighted by molar-refractivity contribution is 9.10.